The number of Topliss-reactive ketones (excluding diaryl/α,β-unsaturated/α-hetero) is 1. The molecule has 0 saturated heterocycles. The zero-order valence-corrected chi connectivity index (χ0v) is 9.65. The van der Waals surface area contributed by atoms with Gasteiger partial charge in [0.15, 0.2) is 0 Å². The smallest absolute Gasteiger partial charge is 0.140 e. The van der Waals surface area contributed by atoms with Crippen LogP contribution in [0.25, 0.3) is 0 Å². The van der Waals surface area contributed by atoms with E-state index in [1.165, 1.54) is 6.07 Å². The molecule has 0 amide bonds. The number of rotatable bonds is 0. The van der Waals surface area contributed by atoms with Crippen LogP contribution < -0.4 is 0 Å². The Morgan fingerprint density at radius 1 is 1.06 bits per heavy atom. The largest absolute Gasteiger partial charge is 0.508 e. The van der Waals surface area contributed by atoms with Crippen LogP contribution in [-0.4, -0.2) is 16.0 Å². The quantitative estimate of drug-likeness (QED) is 0.722. The number of hydrogen-bond donors (Lipinski definition) is 2. The molecule has 1 aromatic carbocycles. The molecule has 0 radical (unpaired) electrons. The van der Waals surface area contributed by atoms with E-state index in [-0.39, 0.29) is 29.1 Å². The molecular formula is C14H16O3. The predicted octanol–water partition coefficient (Wildman–Crippen LogP) is 2.50. The van der Waals surface area contributed by atoms with E-state index in [9.17, 15) is 15.0 Å². The van der Waals surface area contributed by atoms with E-state index in [0.29, 0.717) is 6.42 Å². The first-order chi connectivity index (χ1) is 8.16. The van der Waals surface area contributed by atoms with E-state index in [0.717, 1.165) is 36.8 Å². The summed E-state index contributed by atoms with van der Waals surface area (Å²) in [6.45, 7) is 0. The van der Waals surface area contributed by atoms with Crippen LogP contribution in [-0.2, 0) is 11.2 Å². The van der Waals surface area contributed by atoms with Crippen LogP contribution >= 0.6 is 0 Å². The molecule has 2 aliphatic rings. The third-order valence-corrected chi connectivity index (χ3v) is 4.14. The van der Waals surface area contributed by atoms with Crippen LogP contribution in [0.2, 0.25) is 0 Å². The molecule has 0 spiro atoms. The molecule has 17 heavy (non-hydrogen) atoms. The first-order valence-electron chi connectivity index (χ1n) is 6.24. The van der Waals surface area contributed by atoms with Crippen LogP contribution in [0.4, 0.5) is 0 Å². The average Bonchev–Trinajstić information content (AvgIpc) is 2.28. The Morgan fingerprint density at radius 2 is 1.76 bits per heavy atom. The highest BCUT2D eigenvalue weighted by molar-refractivity contribution is 5.87. The number of phenolic OH excluding ortho intramolecular Hbond substituents is 2. The van der Waals surface area contributed by atoms with E-state index >= 15 is 0 Å². The third kappa shape index (κ3) is 1.61. The molecule has 2 atom stereocenters. The van der Waals surface area contributed by atoms with Gasteiger partial charge in [0.25, 0.3) is 0 Å². The van der Waals surface area contributed by atoms with Crippen molar-refractivity contribution < 1.29 is 15.0 Å². The van der Waals surface area contributed by atoms with Gasteiger partial charge >= 0.3 is 0 Å². The molecule has 2 unspecified atom stereocenters. The monoisotopic (exact) mass is 232 g/mol. The Labute approximate surface area is 100 Å². The first-order valence-corrected chi connectivity index (χ1v) is 6.24. The van der Waals surface area contributed by atoms with Gasteiger partial charge in [0.05, 0.1) is 0 Å². The number of fused-ring (bicyclic) bond motifs is 3. The minimum Gasteiger partial charge on any atom is -0.508 e. The lowest BCUT2D eigenvalue weighted by atomic mass is 9.67. The lowest BCUT2D eigenvalue weighted by Gasteiger charge is -2.36. The molecule has 1 aromatic rings. The Bertz CT molecular complexity index is 479. The zero-order chi connectivity index (χ0) is 12.0. The summed E-state index contributed by atoms with van der Waals surface area (Å²) in [6, 6.07) is 3.01. The summed E-state index contributed by atoms with van der Waals surface area (Å²) in [7, 11) is 0. The maximum atomic E-state index is 12.1. The third-order valence-electron chi connectivity index (χ3n) is 4.14. The summed E-state index contributed by atoms with van der Waals surface area (Å²) in [5, 5.41) is 19.5. The van der Waals surface area contributed by atoms with Crippen molar-refractivity contribution in [1.29, 1.82) is 0 Å². The zero-order valence-electron chi connectivity index (χ0n) is 9.65. The molecule has 1 saturated carbocycles. The second-order valence-electron chi connectivity index (χ2n) is 5.18. The fourth-order valence-corrected chi connectivity index (χ4v) is 3.44. The molecule has 1 fully saturated rings. The van der Waals surface area contributed by atoms with Crippen LogP contribution in [0, 0.1) is 5.92 Å². The van der Waals surface area contributed by atoms with Gasteiger partial charge in [0.2, 0.25) is 0 Å². The van der Waals surface area contributed by atoms with Gasteiger partial charge in [-0.15, -0.1) is 0 Å². The number of aromatic hydroxyl groups is 2. The molecule has 3 nitrogen and oxygen atoms in total. The Morgan fingerprint density at radius 3 is 2.53 bits per heavy atom. The van der Waals surface area contributed by atoms with Crippen molar-refractivity contribution >= 4 is 5.78 Å². The molecule has 0 aromatic heterocycles. The van der Waals surface area contributed by atoms with Gasteiger partial charge in [-0.1, -0.05) is 12.8 Å². The highest BCUT2D eigenvalue weighted by atomic mass is 16.3. The average molecular weight is 232 g/mol. The first kappa shape index (κ1) is 10.6. The van der Waals surface area contributed by atoms with Crippen molar-refractivity contribution in [3.63, 3.8) is 0 Å². The summed E-state index contributed by atoms with van der Waals surface area (Å²) in [6.07, 6.45) is 4.51. The SMILES string of the molecule is O=C1Cc2cc(O)cc(O)c2C2CCCCC12. The highest BCUT2D eigenvalue weighted by Crippen LogP contribution is 2.47. The molecular weight excluding hydrogens is 216 g/mol. The van der Waals surface area contributed by atoms with E-state index < -0.39 is 0 Å². The van der Waals surface area contributed by atoms with Crippen molar-refractivity contribution in [3.05, 3.63) is 23.3 Å². The van der Waals surface area contributed by atoms with E-state index in [1.54, 1.807) is 6.07 Å². The molecule has 0 aliphatic heterocycles. The summed E-state index contributed by atoms with van der Waals surface area (Å²) in [4.78, 5) is 12.1. The fourth-order valence-electron chi connectivity index (χ4n) is 3.44. The number of hydrogen-bond acceptors (Lipinski definition) is 3. The van der Waals surface area contributed by atoms with Crippen LogP contribution in [0.1, 0.15) is 42.7 Å². The topological polar surface area (TPSA) is 57.5 Å². The minimum atomic E-state index is 0.0447. The van der Waals surface area contributed by atoms with Crippen molar-refractivity contribution in [2.75, 3.05) is 0 Å². The molecule has 2 N–H and O–H groups in total. The molecule has 0 bridgehead atoms. The maximum Gasteiger partial charge on any atom is 0.140 e. The van der Waals surface area contributed by atoms with Gasteiger partial charge in [-0.25, -0.2) is 0 Å². The molecule has 0 heterocycles. The van der Waals surface area contributed by atoms with Gasteiger partial charge < -0.3 is 10.2 Å². The summed E-state index contributed by atoms with van der Waals surface area (Å²) in [5.74, 6) is 0.729. The summed E-state index contributed by atoms with van der Waals surface area (Å²) < 4.78 is 0. The predicted molar refractivity (Wildman–Crippen MR) is 63.2 cm³/mol. The number of carbonyl (C=O) groups is 1. The van der Waals surface area contributed by atoms with E-state index in [4.69, 9.17) is 0 Å². The van der Waals surface area contributed by atoms with Crippen LogP contribution in [0.5, 0.6) is 11.5 Å². The summed E-state index contributed by atoms with van der Waals surface area (Å²) in [5.41, 5.74) is 1.72. The lowest BCUT2D eigenvalue weighted by molar-refractivity contribution is -0.124. The molecule has 2 aliphatic carbocycles. The van der Waals surface area contributed by atoms with Gasteiger partial charge in [0.1, 0.15) is 17.3 Å². The second kappa shape index (κ2) is 3.76. The van der Waals surface area contributed by atoms with Crippen molar-refractivity contribution in [3.8, 4) is 11.5 Å². The van der Waals surface area contributed by atoms with Crippen molar-refractivity contribution in [2.24, 2.45) is 5.92 Å². The van der Waals surface area contributed by atoms with Gasteiger partial charge in [-0.05, 0) is 30.4 Å². The standard InChI is InChI=1S/C14H16O3/c15-9-5-8-6-12(16)10-3-1-2-4-11(10)14(8)13(17)7-9/h5,7,10-11,15,17H,1-4,6H2. The Balaban J connectivity index is 2.13. The molecule has 3 heteroatoms. The van der Waals surface area contributed by atoms with Crippen molar-refractivity contribution in [1.82, 2.24) is 0 Å². The number of phenols is 2. The lowest BCUT2D eigenvalue weighted by Crippen LogP contribution is -2.32. The van der Waals surface area contributed by atoms with E-state index in [2.05, 4.69) is 0 Å². The van der Waals surface area contributed by atoms with Gasteiger partial charge in [-0.2, -0.15) is 0 Å². The fraction of sp³-hybridized carbons (Fsp3) is 0.500. The number of benzene rings is 1. The van der Waals surface area contributed by atoms with Crippen LogP contribution in [0.15, 0.2) is 12.1 Å². The van der Waals surface area contributed by atoms with Gasteiger partial charge in [0, 0.05) is 24.0 Å². The highest BCUT2D eigenvalue weighted by Gasteiger charge is 2.38. The van der Waals surface area contributed by atoms with Gasteiger partial charge in [-0.3, -0.25) is 4.79 Å². The normalized spacial score (nSPS) is 27.4. The molecule has 3 rings (SSSR count). The van der Waals surface area contributed by atoms with Crippen molar-refractivity contribution in [2.45, 2.75) is 38.0 Å². The van der Waals surface area contributed by atoms with Crippen LogP contribution in [0.3, 0.4) is 0 Å². The Hall–Kier alpha value is -1.51. The summed E-state index contributed by atoms with van der Waals surface area (Å²) >= 11 is 0. The number of ketones is 1. The minimum absolute atomic E-state index is 0.0447. The maximum absolute atomic E-state index is 12.1. The second-order valence-corrected chi connectivity index (χ2v) is 5.18. The number of carbonyl (C=O) groups excluding carboxylic acids is 1. The molecule has 90 valence electrons. The van der Waals surface area contributed by atoms with E-state index in [1.807, 2.05) is 0 Å². The Kier molecular flexibility index (Phi) is 2.35.